The molecule has 106 valence electrons. The van der Waals surface area contributed by atoms with Crippen LogP contribution in [0, 0.1) is 0 Å². The summed E-state index contributed by atoms with van der Waals surface area (Å²) in [6, 6.07) is 0. The van der Waals surface area contributed by atoms with Crippen molar-refractivity contribution in [3.8, 4) is 0 Å². The third kappa shape index (κ3) is 3.29. The zero-order valence-electron chi connectivity index (χ0n) is 10.5. The summed E-state index contributed by atoms with van der Waals surface area (Å²) in [5.74, 6) is 0.501. The Morgan fingerprint density at radius 1 is 1.32 bits per heavy atom. The van der Waals surface area contributed by atoms with Crippen molar-refractivity contribution in [3.05, 3.63) is 26.8 Å². The molecular formula is C10H15N3O5S. The zero-order valence-corrected chi connectivity index (χ0v) is 11.4. The molecule has 1 aromatic heterocycles. The van der Waals surface area contributed by atoms with Crippen LogP contribution in [0.15, 0.2) is 9.59 Å². The highest BCUT2D eigenvalue weighted by Gasteiger charge is 2.16. The van der Waals surface area contributed by atoms with Gasteiger partial charge in [0.05, 0.1) is 19.4 Å². The number of aromatic nitrogens is 3. The largest absolute Gasteiger partial charge is 0.353 e. The van der Waals surface area contributed by atoms with Gasteiger partial charge in [0.1, 0.15) is 5.82 Å². The standard InChI is InChI=1S/C10H15N3O5S/c1-19(16,17)18-7-6-13-9(14)11-8-4-2-3-5-12(8)10(13)15/h2-7H2,1H3. The molecule has 0 bridgehead atoms. The van der Waals surface area contributed by atoms with Crippen molar-refractivity contribution in [1.82, 2.24) is 14.1 Å². The Balaban J connectivity index is 2.26. The van der Waals surface area contributed by atoms with Crippen LogP contribution in [0.5, 0.6) is 0 Å². The van der Waals surface area contributed by atoms with Gasteiger partial charge in [-0.3, -0.25) is 8.75 Å². The molecule has 0 amide bonds. The highest BCUT2D eigenvalue weighted by Crippen LogP contribution is 2.07. The van der Waals surface area contributed by atoms with E-state index in [1.54, 1.807) is 0 Å². The van der Waals surface area contributed by atoms with Crippen LogP contribution < -0.4 is 11.4 Å². The Morgan fingerprint density at radius 2 is 2.05 bits per heavy atom. The molecule has 0 N–H and O–H groups in total. The molecule has 1 aliphatic heterocycles. The number of nitrogens with zero attached hydrogens (tertiary/aromatic N) is 3. The van der Waals surface area contributed by atoms with Crippen LogP contribution in [-0.4, -0.2) is 35.4 Å². The van der Waals surface area contributed by atoms with Crippen LogP contribution in [0.1, 0.15) is 18.7 Å². The fraction of sp³-hybridized carbons (Fsp3) is 0.700. The van der Waals surface area contributed by atoms with E-state index >= 15 is 0 Å². The van der Waals surface area contributed by atoms with Crippen molar-refractivity contribution in [2.75, 3.05) is 12.9 Å². The number of aryl methyl sites for hydroxylation is 1. The summed E-state index contributed by atoms with van der Waals surface area (Å²) in [5.41, 5.74) is -1.11. The first kappa shape index (κ1) is 13.9. The molecule has 0 atom stereocenters. The predicted octanol–water partition coefficient (Wildman–Crippen LogP) is -1.28. The molecular weight excluding hydrogens is 274 g/mol. The number of hydrogen-bond donors (Lipinski definition) is 0. The Labute approximate surface area is 109 Å². The van der Waals surface area contributed by atoms with E-state index in [4.69, 9.17) is 0 Å². The van der Waals surface area contributed by atoms with Gasteiger partial charge in [-0.15, -0.1) is 0 Å². The molecule has 19 heavy (non-hydrogen) atoms. The third-order valence-electron chi connectivity index (χ3n) is 2.87. The molecule has 0 saturated heterocycles. The maximum absolute atomic E-state index is 12.1. The van der Waals surface area contributed by atoms with E-state index < -0.39 is 21.5 Å². The molecule has 2 rings (SSSR count). The lowest BCUT2D eigenvalue weighted by atomic mass is 10.2. The van der Waals surface area contributed by atoms with Gasteiger partial charge in [-0.1, -0.05) is 0 Å². The summed E-state index contributed by atoms with van der Waals surface area (Å²) < 4.78 is 28.5. The number of rotatable bonds is 4. The first-order valence-corrected chi connectivity index (χ1v) is 7.75. The fourth-order valence-corrected chi connectivity index (χ4v) is 2.39. The van der Waals surface area contributed by atoms with E-state index in [0.717, 1.165) is 23.7 Å². The second-order valence-corrected chi connectivity index (χ2v) is 6.02. The van der Waals surface area contributed by atoms with Crippen LogP contribution in [0.4, 0.5) is 0 Å². The molecule has 0 aliphatic carbocycles. The molecule has 0 fully saturated rings. The second kappa shape index (κ2) is 5.25. The average molecular weight is 289 g/mol. The normalized spacial score (nSPS) is 15.2. The van der Waals surface area contributed by atoms with Crippen molar-refractivity contribution in [3.63, 3.8) is 0 Å². The van der Waals surface area contributed by atoms with E-state index in [2.05, 4.69) is 9.17 Å². The SMILES string of the molecule is CS(=O)(=O)OCCn1c(=O)nc2n(c1=O)CCCC2. The Kier molecular flexibility index (Phi) is 3.85. The van der Waals surface area contributed by atoms with Crippen LogP contribution in [0.2, 0.25) is 0 Å². The topological polar surface area (TPSA) is 100 Å². The summed E-state index contributed by atoms with van der Waals surface area (Å²) in [6.07, 6.45) is 3.30. The predicted molar refractivity (Wildman–Crippen MR) is 66.5 cm³/mol. The van der Waals surface area contributed by atoms with Gasteiger partial charge >= 0.3 is 11.4 Å². The number of hydrogen-bond acceptors (Lipinski definition) is 6. The Morgan fingerprint density at radius 3 is 2.74 bits per heavy atom. The lowest BCUT2D eigenvalue weighted by Crippen LogP contribution is -2.45. The highest BCUT2D eigenvalue weighted by atomic mass is 32.2. The minimum atomic E-state index is -3.58. The Bertz CT molecular complexity index is 688. The lowest BCUT2D eigenvalue weighted by molar-refractivity contribution is 0.293. The first-order valence-electron chi connectivity index (χ1n) is 5.93. The quantitative estimate of drug-likeness (QED) is 0.640. The minimum Gasteiger partial charge on any atom is -0.281 e. The van der Waals surface area contributed by atoms with Crippen LogP contribution in [0.3, 0.4) is 0 Å². The van der Waals surface area contributed by atoms with Gasteiger partial charge in [0.2, 0.25) is 0 Å². The fourth-order valence-electron chi connectivity index (χ4n) is 2.01. The van der Waals surface area contributed by atoms with Gasteiger partial charge in [0, 0.05) is 13.0 Å². The molecule has 0 aromatic carbocycles. The molecule has 0 spiro atoms. The Hall–Kier alpha value is -1.48. The zero-order chi connectivity index (χ0) is 14.0. The molecule has 0 radical (unpaired) electrons. The van der Waals surface area contributed by atoms with Gasteiger partial charge in [0.15, 0.2) is 0 Å². The van der Waals surface area contributed by atoms with Gasteiger partial charge in [0.25, 0.3) is 10.1 Å². The van der Waals surface area contributed by atoms with Crippen molar-refractivity contribution in [2.45, 2.75) is 32.4 Å². The summed E-state index contributed by atoms with van der Waals surface area (Å²) in [7, 11) is -3.58. The molecule has 0 unspecified atom stereocenters. The molecule has 2 heterocycles. The van der Waals surface area contributed by atoms with Gasteiger partial charge < -0.3 is 0 Å². The van der Waals surface area contributed by atoms with Gasteiger partial charge in [-0.05, 0) is 12.8 Å². The van der Waals surface area contributed by atoms with Crippen molar-refractivity contribution in [2.24, 2.45) is 0 Å². The minimum absolute atomic E-state index is 0.127. The van der Waals surface area contributed by atoms with Crippen LogP contribution in [0.25, 0.3) is 0 Å². The van der Waals surface area contributed by atoms with Crippen molar-refractivity contribution >= 4 is 10.1 Å². The average Bonchev–Trinajstić information content (AvgIpc) is 2.32. The molecule has 1 aliphatic rings. The van der Waals surface area contributed by atoms with Gasteiger partial charge in [-0.2, -0.15) is 13.4 Å². The molecule has 8 nitrogen and oxygen atoms in total. The monoisotopic (exact) mass is 289 g/mol. The van der Waals surface area contributed by atoms with Crippen molar-refractivity contribution < 1.29 is 12.6 Å². The van der Waals surface area contributed by atoms with E-state index in [-0.39, 0.29) is 13.2 Å². The maximum Gasteiger partial charge on any atom is 0.353 e. The highest BCUT2D eigenvalue weighted by molar-refractivity contribution is 7.85. The van der Waals surface area contributed by atoms with Crippen LogP contribution >= 0.6 is 0 Å². The lowest BCUT2D eigenvalue weighted by Gasteiger charge is -2.17. The number of fused-ring (bicyclic) bond motifs is 1. The summed E-state index contributed by atoms with van der Waals surface area (Å²) in [6.45, 7) is 0.154. The third-order valence-corrected chi connectivity index (χ3v) is 3.47. The first-order chi connectivity index (χ1) is 8.88. The summed E-state index contributed by atoms with van der Waals surface area (Å²) in [5, 5.41) is 0. The second-order valence-electron chi connectivity index (χ2n) is 4.38. The molecule has 9 heteroatoms. The van der Waals surface area contributed by atoms with Gasteiger partial charge in [-0.25, -0.2) is 14.2 Å². The summed E-state index contributed by atoms with van der Waals surface area (Å²) >= 11 is 0. The molecule has 1 aromatic rings. The van der Waals surface area contributed by atoms with E-state index in [1.165, 1.54) is 4.57 Å². The molecule has 0 saturated carbocycles. The summed E-state index contributed by atoms with van der Waals surface area (Å²) in [4.78, 5) is 27.6. The van der Waals surface area contributed by atoms with E-state index in [9.17, 15) is 18.0 Å². The van der Waals surface area contributed by atoms with Crippen molar-refractivity contribution in [1.29, 1.82) is 0 Å². The maximum atomic E-state index is 12.1. The smallest absolute Gasteiger partial charge is 0.281 e. The van der Waals surface area contributed by atoms with E-state index in [0.29, 0.717) is 18.8 Å². The van der Waals surface area contributed by atoms with E-state index in [1.807, 2.05) is 0 Å². The van der Waals surface area contributed by atoms with Crippen LogP contribution in [-0.2, 0) is 33.8 Å².